The molecular formula is C21H29N5O. The molecule has 1 unspecified atom stereocenters. The van der Waals surface area contributed by atoms with Gasteiger partial charge in [0.25, 0.3) is 5.91 Å². The third-order valence-corrected chi connectivity index (χ3v) is 5.81. The fourth-order valence-corrected chi connectivity index (χ4v) is 4.27. The topological polar surface area (TPSA) is 54.3 Å². The third kappa shape index (κ3) is 4.31. The average molecular weight is 367 g/mol. The monoisotopic (exact) mass is 367 g/mol. The third-order valence-electron chi connectivity index (χ3n) is 5.81. The van der Waals surface area contributed by atoms with Crippen molar-refractivity contribution in [2.45, 2.75) is 57.5 Å². The molecule has 144 valence electrons. The van der Waals surface area contributed by atoms with Gasteiger partial charge >= 0.3 is 0 Å². The number of piperidine rings is 2. The van der Waals surface area contributed by atoms with Gasteiger partial charge in [0.05, 0.1) is 5.56 Å². The van der Waals surface area contributed by atoms with E-state index in [2.05, 4.69) is 19.9 Å². The average Bonchev–Trinajstić information content (AvgIpc) is 3.26. The Morgan fingerprint density at radius 3 is 2.67 bits per heavy atom. The lowest BCUT2D eigenvalue weighted by Crippen LogP contribution is -2.44. The van der Waals surface area contributed by atoms with Gasteiger partial charge in [0.15, 0.2) is 0 Å². The highest BCUT2D eigenvalue weighted by Gasteiger charge is 2.27. The summed E-state index contributed by atoms with van der Waals surface area (Å²) in [4.78, 5) is 22.1. The zero-order chi connectivity index (χ0) is 18.5. The maximum absolute atomic E-state index is 13.1. The second kappa shape index (κ2) is 8.55. The van der Waals surface area contributed by atoms with Crippen LogP contribution in [0.4, 0.5) is 5.82 Å². The van der Waals surface area contributed by atoms with Gasteiger partial charge < -0.3 is 9.80 Å². The first kappa shape index (κ1) is 18.0. The summed E-state index contributed by atoms with van der Waals surface area (Å²) in [5, 5.41) is 4.28. The lowest BCUT2D eigenvalue weighted by molar-refractivity contribution is 0.0593. The molecule has 4 rings (SSSR count). The summed E-state index contributed by atoms with van der Waals surface area (Å²) in [5.74, 6) is 1.12. The van der Waals surface area contributed by atoms with Gasteiger partial charge in [-0.1, -0.05) is 0 Å². The van der Waals surface area contributed by atoms with Gasteiger partial charge in [-0.05, 0) is 63.1 Å². The maximum Gasteiger partial charge on any atom is 0.255 e. The van der Waals surface area contributed by atoms with E-state index in [4.69, 9.17) is 0 Å². The van der Waals surface area contributed by atoms with Crippen molar-refractivity contribution in [2.24, 2.45) is 0 Å². The molecule has 0 saturated carbocycles. The molecule has 2 fully saturated rings. The molecule has 2 aromatic heterocycles. The molecular weight excluding hydrogens is 338 g/mol. The molecule has 6 heteroatoms. The van der Waals surface area contributed by atoms with Crippen LogP contribution in [-0.4, -0.2) is 51.2 Å². The minimum atomic E-state index is 0.123. The Hall–Kier alpha value is -2.37. The zero-order valence-electron chi connectivity index (χ0n) is 16.0. The first-order valence-electron chi connectivity index (χ1n) is 10.3. The number of aromatic nitrogens is 3. The van der Waals surface area contributed by atoms with E-state index >= 15 is 0 Å². The number of anilines is 1. The van der Waals surface area contributed by atoms with Crippen LogP contribution < -0.4 is 4.90 Å². The molecule has 0 aromatic carbocycles. The van der Waals surface area contributed by atoms with Gasteiger partial charge in [0.2, 0.25) is 0 Å². The molecule has 6 nitrogen and oxygen atoms in total. The van der Waals surface area contributed by atoms with Crippen LogP contribution in [0.2, 0.25) is 0 Å². The molecule has 0 N–H and O–H groups in total. The lowest BCUT2D eigenvalue weighted by Gasteiger charge is -2.36. The zero-order valence-corrected chi connectivity index (χ0v) is 16.0. The van der Waals surface area contributed by atoms with Crippen LogP contribution in [0, 0.1) is 0 Å². The van der Waals surface area contributed by atoms with E-state index in [1.165, 1.54) is 25.7 Å². The minimum Gasteiger partial charge on any atom is -0.357 e. The summed E-state index contributed by atoms with van der Waals surface area (Å²) in [6, 6.07) is 6.20. The van der Waals surface area contributed by atoms with Crippen molar-refractivity contribution >= 4 is 11.7 Å². The molecule has 2 aromatic rings. The molecule has 1 atom stereocenters. The van der Waals surface area contributed by atoms with Crippen LogP contribution in [0.1, 0.15) is 55.3 Å². The molecule has 2 aliphatic rings. The van der Waals surface area contributed by atoms with Gasteiger partial charge in [0.1, 0.15) is 5.82 Å². The second-order valence-electron chi connectivity index (χ2n) is 7.66. The highest BCUT2D eigenvalue weighted by molar-refractivity contribution is 5.94. The number of amides is 1. The maximum atomic E-state index is 13.1. The summed E-state index contributed by atoms with van der Waals surface area (Å²) in [5.41, 5.74) is 0.710. The van der Waals surface area contributed by atoms with Crippen molar-refractivity contribution in [1.29, 1.82) is 0 Å². The largest absolute Gasteiger partial charge is 0.357 e. The Balaban J connectivity index is 1.41. The predicted molar refractivity (Wildman–Crippen MR) is 106 cm³/mol. The van der Waals surface area contributed by atoms with E-state index < -0.39 is 0 Å². The summed E-state index contributed by atoms with van der Waals surface area (Å²) in [6.07, 6.45) is 13.6. The smallest absolute Gasteiger partial charge is 0.255 e. The van der Waals surface area contributed by atoms with Gasteiger partial charge in [0, 0.05) is 50.8 Å². The molecule has 0 spiro atoms. The molecule has 4 heterocycles. The summed E-state index contributed by atoms with van der Waals surface area (Å²) >= 11 is 0. The lowest BCUT2D eigenvalue weighted by atomic mass is 9.98. The molecule has 0 aliphatic carbocycles. The van der Waals surface area contributed by atoms with Crippen LogP contribution in [-0.2, 0) is 6.54 Å². The van der Waals surface area contributed by atoms with E-state index in [-0.39, 0.29) is 11.9 Å². The Bertz CT molecular complexity index is 722. The van der Waals surface area contributed by atoms with Crippen molar-refractivity contribution in [3.8, 4) is 0 Å². The number of hydrogen-bond donors (Lipinski definition) is 0. The summed E-state index contributed by atoms with van der Waals surface area (Å²) in [7, 11) is 0. The number of pyridine rings is 1. The first-order valence-corrected chi connectivity index (χ1v) is 10.3. The van der Waals surface area contributed by atoms with Crippen molar-refractivity contribution in [2.75, 3.05) is 24.5 Å². The Morgan fingerprint density at radius 1 is 1.07 bits per heavy atom. The number of aryl methyl sites for hydroxylation is 1. The normalized spacial score (nSPS) is 20.7. The van der Waals surface area contributed by atoms with E-state index in [0.717, 1.165) is 51.3 Å². The highest BCUT2D eigenvalue weighted by Crippen LogP contribution is 2.23. The number of hydrogen-bond acceptors (Lipinski definition) is 4. The molecule has 0 bridgehead atoms. The van der Waals surface area contributed by atoms with Gasteiger partial charge in [-0.25, -0.2) is 4.98 Å². The van der Waals surface area contributed by atoms with E-state index in [1.54, 1.807) is 12.4 Å². The molecule has 27 heavy (non-hydrogen) atoms. The van der Waals surface area contributed by atoms with Crippen LogP contribution in [0.3, 0.4) is 0 Å². The van der Waals surface area contributed by atoms with Crippen LogP contribution in [0.5, 0.6) is 0 Å². The van der Waals surface area contributed by atoms with E-state index in [9.17, 15) is 4.79 Å². The van der Waals surface area contributed by atoms with Crippen molar-refractivity contribution < 1.29 is 4.79 Å². The molecule has 2 aliphatic heterocycles. The quantitative estimate of drug-likeness (QED) is 0.813. The van der Waals surface area contributed by atoms with E-state index in [1.807, 2.05) is 29.1 Å². The Labute approximate surface area is 161 Å². The summed E-state index contributed by atoms with van der Waals surface area (Å²) in [6.45, 7) is 3.84. The number of rotatable bonds is 5. The van der Waals surface area contributed by atoms with Gasteiger partial charge in [-0.2, -0.15) is 5.10 Å². The standard InChI is InChI=1S/C21H29N5O/c27-21(18-8-9-20(22-17-18)24-12-3-1-4-13-24)26-15-5-2-7-19(26)10-16-25-14-6-11-23-25/h6,8-9,11,14,17,19H,1-5,7,10,12-13,15-16H2. The number of nitrogens with zero attached hydrogens (tertiary/aromatic N) is 5. The SMILES string of the molecule is O=C(c1ccc(N2CCCCC2)nc1)N1CCCCC1CCn1cccn1. The van der Waals surface area contributed by atoms with Crippen molar-refractivity contribution in [3.63, 3.8) is 0 Å². The van der Waals surface area contributed by atoms with Crippen LogP contribution in [0.25, 0.3) is 0 Å². The summed E-state index contributed by atoms with van der Waals surface area (Å²) < 4.78 is 1.95. The number of likely N-dealkylation sites (tertiary alicyclic amines) is 1. The van der Waals surface area contributed by atoms with Crippen molar-refractivity contribution in [1.82, 2.24) is 19.7 Å². The first-order chi connectivity index (χ1) is 13.3. The fourth-order valence-electron chi connectivity index (χ4n) is 4.27. The molecule has 0 radical (unpaired) electrons. The second-order valence-corrected chi connectivity index (χ2v) is 7.66. The minimum absolute atomic E-state index is 0.123. The van der Waals surface area contributed by atoms with E-state index in [0.29, 0.717) is 5.56 Å². The number of carbonyl (C=O) groups is 1. The Morgan fingerprint density at radius 2 is 1.93 bits per heavy atom. The van der Waals surface area contributed by atoms with Crippen molar-refractivity contribution in [3.05, 3.63) is 42.4 Å². The van der Waals surface area contributed by atoms with Crippen LogP contribution in [0.15, 0.2) is 36.8 Å². The van der Waals surface area contributed by atoms with Gasteiger partial charge in [-0.3, -0.25) is 9.48 Å². The van der Waals surface area contributed by atoms with Gasteiger partial charge in [-0.15, -0.1) is 0 Å². The Kier molecular flexibility index (Phi) is 5.70. The molecule has 1 amide bonds. The van der Waals surface area contributed by atoms with Crippen LogP contribution >= 0.6 is 0 Å². The predicted octanol–water partition coefficient (Wildman–Crippen LogP) is 3.35. The fraction of sp³-hybridized carbons (Fsp3) is 0.571. The highest BCUT2D eigenvalue weighted by atomic mass is 16.2. The molecule has 2 saturated heterocycles. The number of carbonyl (C=O) groups excluding carboxylic acids is 1.